The minimum atomic E-state index is -0.337. The van der Waals surface area contributed by atoms with E-state index < -0.39 is 0 Å². The third-order valence-corrected chi connectivity index (χ3v) is 5.60. The van der Waals surface area contributed by atoms with Crippen molar-refractivity contribution in [2.24, 2.45) is 11.8 Å². The number of anilines is 1. The van der Waals surface area contributed by atoms with Crippen molar-refractivity contribution in [3.63, 3.8) is 0 Å². The molecule has 1 aromatic rings. The van der Waals surface area contributed by atoms with Gasteiger partial charge in [-0.3, -0.25) is 14.4 Å². The lowest BCUT2D eigenvalue weighted by Gasteiger charge is -2.37. The number of hydrogen-bond acceptors (Lipinski definition) is 3. The lowest BCUT2D eigenvalue weighted by atomic mass is 9.80. The predicted molar refractivity (Wildman–Crippen MR) is 99.3 cm³/mol. The summed E-state index contributed by atoms with van der Waals surface area (Å²) in [5.74, 6) is -0.360. The lowest BCUT2D eigenvalue weighted by molar-refractivity contribution is -0.142. The van der Waals surface area contributed by atoms with Crippen LogP contribution in [-0.2, 0) is 14.4 Å². The van der Waals surface area contributed by atoms with Crippen molar-refractivity contribution in [1.29, 1.82) is 0 Å². The average Bonchev–Trinajstić information content (AvgIpc) is 2.69. The molecule has 0 aromatic heterocycles. The molecule has 1 saturated carbocycles. The number of carbonyl (C=O) groups excluding carboxylic acids is 3. The Balaban J connectivity index is 1.45. The number of nitrogens with one attached hydrogen (secondary N) is 1. The molecule has 0 unspecified atom stereocenters. The van der Waals surface area contributed by atoms with Gasteiger partial charge in [-0.05, 0) is 49.9 Å². The maximum atomic E-state index is 12.9. The quantitative estimate of drug-likeness (QED) is 0.881. The predicted octanol–water partition coefficient (Wildman–Crippen LogP) is 2.26. The first-order valence-corrected chi connectivity index (χ1v) is 9.55. The smallest absolute Gasteiger partial charge is 0.227 e. The Hall–Kier alpha value is -2.44. The fourth-order valence-corrected chi connectivity index (χ4v) is 3.88. The van der Waals surface area contributed by atoms with Crippen LogP contribution in [0.15, 0.2) is 24.3 Å². The molecule has 27 heavy (non-hydrogen) atoms. The summed E-state index contributed by atoms with van der Waals surface area (Å²) >= 11 is 0. The number of benzene rings is 1. The molecule has 0 atom stereocenters. The second kappa shape index (κ2) is 8.50. The van der Waals surface area contributed by atoms with Crippen molar-refractivity contribution >= 4 is 23.4 Å². The second-order valence-corrected chi connectivity index (χ2v) is 7.38. The molecule has 1 N–H and O–H groups in total. The maximum absolute atomic E-state index is 12.9. The van der Waals surface area contributed by atoms with Gasteiger partial charge in [0.05, 0.1) is 0 Å². The van der Waals surface area contributed by atoms with Crippen molar-refractivity contribution < 1.29 is 18.8 Å². The van der Waals surface area contributed by atoms with Crippen LogP contribution in [0.5, 0.6) is 0 Å². The molecule has 3 rings (SSSR count). The van der Waals surface area contributed by atoms with Crippen LogP contribution in [-0.4, -0.2) is 53.7 Å². The summed E-state index contributed by atoms with van der Waals surface area (Å²) in [6, 6.07) is 5.72. The number of hydrogen-bond donors (Lipinski definition) is 1. The molecule has 0 bridgehead atoms. The molecule has 0 spiro atoms. The molecule has 3 amide bonds. The van der Waals surface area contributed by atoms with Crippen molar-refractivity contribution in [1.82, 2.24) is 9.80 Å². The van der Waals surface area contributed by atoms with E-state index in [1.165, 1.54) is 12.1 Å². The highest BCUT2D eigenvalue weighted by Crippen LogP contribution is 2.31. The Morgan fingerprint density at radius 1 is 0.889 bits per heavy atom. The highest BCUT2D eigenvalue weighted by Gasteiger charge is 2.33. The van der Waals surface area contributed by atoms with Crippen LogP contribution in [0.1, 0.15) is 32.6 Å². The van der Waals surface area contributed by atoms with E-state index in [1.807, 2.05) is 4.90 Å². The molecule has 1 heterocycles. The molecule has 7 heteroatoms. The van der Waals surface area contributed by atoms with E-state index in [0.29, 0.717) is 57.5 Å². The standard InChI is InChI=1S/C20H26FN3O3/c1-14(25)23-10-12-24(13-11-23)20(27)16-4-2-15(3-5-16)19(26)22-18-8-6-17(21)7-9-18/h6-9,15-16H,2-5,10-13H2,1H3,(H,22,26). The SMILES string of the molecule is CC(=O)N1CCN(C(=O)C2CCC(C(=O)Nc3ccc(F)cc3)CC2)CC1. The van der Waals surface area contributed by atoms with Crippen LogP contribution < -0.4 is 5.32 Å². The summed E-state index contributed by atoms with van der Waals surface area (Å²) in [4.78, 5) is 40.1. The molecular weight excluding hydrogens is 349 g/mol. The van der Waals surface area contributed by atoms with Gasteiger partial charge in [0.2, 0.25) is 17.7 Å². The zero-order valence-corrected chi connectivity index (χ0v) is 15.6. The molecule has 1 aliphatic carbocycles. The van der Waals surface area contributed by atoms with E-state index in [9.17, 15) is 18.8 Å². The van der Waals surface area contributed by atoms with Crippen LogP contribution in [0.3, 0.4) is 0 Å². The molecule has 1 saturated heterocycles. The lowest BCUT2D eigenvalue weighted by Crippen LogP contribution is -2.51. The fourth-order valence-electron chi connectivity index (χ4n) is 3.88. The minimum Gasteiger partial charge on any atom is -0.339 e. The van der Waals surface area contributed by atoms with E-state index in [4.69, 9.17) is 0 Å². The zero-order valence-electron chi connectivity index (χ0n) is 15.6. The van der Waals surface area contributed by atoms with Crippen molar-refractivity contribution in [2.75, 3.05) is 31.5 Å². The Morgan fingerprint density at radius 3 is 1.96 bits per heavy atom. The number of nitrogens with zero attached hydrogens (tertiary/aromatic N) is 2. The maximum Gasteiger partial charge on any atom is 0.227 e. The number of carbonyl (C=O) groups is 3. The van der Waals surface area contributed by atoms with Crippen LogP contribution in [0.2, 0.25) is 0 Å². The molecule has 146 valence electrons. The summed E-state index contributed by atoms with van der Waals surface area (Å²) in [6.07, 6.45) is 2.76. The van der Waals surface area contributed by atoms with E-state index in [0.717, 1.165) is 0 Å². The van der Waals surface area contributed by atoms with Crippen molar-refractivity contribution in [3.05, 3.63) is 30.1 Å². The van der Waals surface area contributed by atoms with Gasteiger partial charge in [-0.25, -0.2) is 4.39 Å². The van der Waals surface area contributed by atoms with Gasteiger partial charge in [-0.1, -0.05) is 0 Å². The minimum absolute atomic E-state index is 0.0382. The highest BCUT2D eigenvalue weighted by molar-refractivity contribution is 5.92. The van der Waals surface area contributed by atoms with Crippen LogP contribution in [0.25, 0.3) is 0 Å². The van der Waals surface area contributed by atoms with Gasteiger partial charge < -0.3 is 15.1 Å². The average molecular weight is 375 g/mol. The third-order valence-electron chi connectivity index (χ3n) is 5.60. The second-order valence-electron chi connectivity index (χ2n) is 7.38. The van der Waals surface area contributed by atoms with Gasteiger partial charge in [0.1, 0.15) is 5.82 Å². The van der Waals surface area contributed by atoms with Crippen molar-refractivity contribution in [3.8, 4) is 0 Å². The Kier molecular flexibility index (Phi) is 6.08. The van der Waals surface area contributed by atoms with Gasteiger partial charge in [-0.2, -0.15) is 0 Å². The Bertz CT molecular complexity index is 691. The summed E-state index contributed by atoms with van der Waals surface area (Å²) in [5, 5.41) is 2.82. The normalized spacial score (nSPS) is 23.0. The molecular formula is C20H26FN3O3. The van der Waals surface area contributed by atoms with Gasteiger partial charge in [0.15, 0.2) is 0 Å². The van der Waals surface area contributed by atoms with Gasteiger partial charge in [0.25, 0.3) is 0 Å². The Labute approximate surface area is 158 Å². The van der Waals surface area contributed by atoms with Gasteiger partial charge >= 0.3 is 0 Å². The third kappa shape index (κ3) is 4.84. The van der Waals surface area contributed by atoms with E-state index in [2.05, 4.69) is 5.32 Å². The number of piperazine rings is 1. The van der Waals surface area contributed by atoms with E-state index >= 15 is 0 Å². The number of amides is 3. The van der Waals surface area contributed by atoms with E-state index in [1.54, 1.807) is 24.0 Å². The highest BCUT2D eigenvalue weighted by atomic mass is 19.1. The molecule has 2 fully saturated rings. The topological polar surface area (TPSA) is 69.7 Å². The monoisotopic (exact) mass is 375 g/mol. The van der Waals surface area contributed by atoms with Gasteiger partial charge in [0, 0.05) is 50.6 Å². The molecule has 0 radical (unpaired) electrons. The summed E-state index contributed by atoms with van der Waals surface area (Å²) < 4.78 is 12.9. The Morgan fingerprint density at radius 2 is 1.41 bits per heavy atom. The molecule has 6 nitrogen and oxygen atoms in total. The van der Waals surface area contributed by atoms with E-state index in [-0.39, 0.29) is 35.4 Å². The first kappa shape index (κ1) is 19.3. The first-order valence-electron chi connectivity index (χ1n) is 9.55. The largest absolute Gasteiger partial charge is 0.339 e. The number of rotatable bonds is 3. The zero-order chi connectivity index (χ0) is 19.4. The summed E-state index contributed by atoms with van der Waals surface area (Å²) in [5.41, 5.74) is 0.586. The summed E-state index contributed by atoms with van der Waals surface area (Å²) in [7, 11) is 0. The van der Waals surface area contributed by atoms with Crippen LogP contribution in [0.4, 0.5) is 10.1 Å². The number of halogens is 1. The molecule has 2 aliphatic rings. The fraction of sp³-hybridized carbons (Fsp3) is 0.550. The first-order chi connectivity index (χ1) is 12.9. The van der Waals surface area contributed by atoms with Crippen LogP contribution in [0, 0.1) is 17.7 Å². The van der Waals surface area contributed by atoms with Crippen LogP contribution >= 0.6 is 0 Å². The molecule has 1 aliphatic heterocycles. The summed E-state index contributed by atoms with van der Waals surface area (Å²) in [6.45, 7) is 3.91. The molecule has 1 aromatic carbocycles. The van der Waals surface area contributed by atoms with Crippen molar-refractivity contribution in [2.45, 2.75) is 32.6 Å². The van der Waals surface area contributed by atoms with Gasteiger partial charge in [-0.15, -0.1) is 0 Å².